The van der Waals surface area contributed by atoms with Crippen LogP contribution in [0.5, 0.6) is 0 Å². The largest absolute Gasteiger partial charge is 0.330 e. The van der Waals surface area contributed by atoms with E-state index in [-0.39, 0.29) is 17.9 Å². The smallest absolute Gasteiger partial charge is 0.243 e. The Labute approximate surface area is 103 Å². The molecule has 2 unspecified atom stereocenters. The summed E-state index contributed by atoms with van der Waals surface area (Å²) in [6.45, 7) is 7.79. The van der Waals surface area contributed by atoms with Crippen LogP contribution in [0.15, 0.2) is 0 Å². The summed E-state index contributed by atoms with van der Waals surface area (Å²) in [6, 6.07) is -0.194. The van der Waals surface area contributed by atoms with Crippen molar-refractivity contribution in [3.8, 4) is 0 Å². The highest BCUT2D eigenvalue weighted by Gasteiger charge is 2.33. The predicted octanol–water partition coefficient (Wildman–Crippen LogP) is -0.0457. The lowest BCUT2D eigenvalue weighted by Crippen LogP contribution is -2.59. The molecule has 5 heteroatoms. The van der Waals surface area contributed by atoms with Gasteiger partial charge in [-0.2, -0.15) is 0 Å². The summed E-state index contributed by atoms with van der Waals surface area (Å²) in [5.74, 6) is 0.392. The Balaban J connectivity index is 2.71. The number of nitrogens with two attached hydrogens (primary N) is 1. The summed E-state index contributed by atoms with van der Waals surface area (Å²) >= 11 is 0. The first-order valence-electron chi connectivity index (χ1n) is 6.27. The van der Waals surface area contributed by atoms with Crippen LogP contribution in [0.25, 0.3) is 0 Å². The van der Waals surface area contributed by atoms with Gasteiger partial charge in [0.1, 0.15) is 0 Å². The maximum Gasteiger partial charge on any atom is 0.243 e. The fraction of sp³-hybridized carbons (Fsp3) is 0.833. The highest BCUT2D eigenvalue weighted by Crippen LogP contribution is 2.16. The highest BCUT2D eigenvalue weighted by molar-refractivity contribution is 6.01. The average molecular weight is 241 g/mol. The van der Waals surface area contributed by atoms with Crippen LogP contribution in [0.4, 0.5) is 0 Å². The molecule has 17 heavy (non-hydrogen) atoms. The third kappa shape index (κ3) is 3.51. The summed E-state index contributed by atoms with van der Waals surface area (Å²) in [5.41, 5.74) is 5.73. The zero-order valence-corrected chi connectivity index (χ0v) is 10.9. The summed E-state index contributed by atoms with van der Waals surface area (Å²) in [5, 5.41) is 2.38. The van der Waals surface area contributed by atoms with Crippen molar-refractivity contribution in [2.75, 3.05) is 19.6 Å². The molecule has 0 radical (unpaired) electrons. The molecular formula is C12H23N3O2. The van der Waals surface area contributed by atoms with Gasteiger partial charge in [0.2, 0.25) is 11.8 Å². The van der Waals surface area contributed by atoms with Crippen molar-refractivity contribution < 1.29 is 9.59 Å². The molecule has 0 aromatic rings. The molecule has 0 aromatic heterocycles. The Morgan fingerprint density at radius 3 is 2.59 bits per heavy atom. The summed E-state index contributed by atoms with van der Waals surface area (Å²) < 4.78 is 0. The summed E-state index contributed by atoms with van der Waals surface area (Å²) in [6.07, 6.45) is 0.717. The molecule has 0 aromatic carbocycles. The molecule has 3 N–H and O–H groups in total. The second-order valence-corrected chi connectivity index (χ2v) is 5.01. The van der Waals surface area contributed by atoms with Gasteiger partial charge in [0.15, 0.2) is 0 Å². The molecule has 1 rings (SSSR count). The normalized spacial score (nSPS) is 23.9. The van der Waals surface area contributed by atoms with Gasteiger partial charge in [-0.05, 0) is 24.8 Å². The van der Waals surface area contributed by atoms with Gasteiger partial charge in [-0.3, -0.25) is 19.8 Å². The van der Waals surface area contributed by atoms with Gasteiger partial charge in [0.05, 0.1) is 12.6 Å². The number of imide groups is 1. The zero-order valence-electron chi connectivity index (χ0n) is 10.9. The molecule has 5 nitrogen and oxygen atoms in total. The molecular weight excluding hydrogens is 218 g/mol. The first-order chi connectivity index (χ1) is 7.99. The lowest BCUT2D eigenvalue weighted by atomic mass is 9.94. The number of hydrogen-bond donors (Lipinski definition) is 2. The van der Waals surface area contributed by atoms with E-state index in [0.29, 0.717) is 37.9 Å². The SMILES string of the molecule is CCC1C(=O)NC(=O)CN1CC(CN)C(C)C. The minimum absolute atomic E-state index is 0.178. The van der Waals surface area contributed by atoms with E-state index in [1.54, 1.807) is 0 Å². The Morgan fingerprint density at radius 2 is 2.12 bits per heavy atom. The zero-order chi connectivity index (χ0) is 13.0. The van der Waals surface area contributed by atoms with Gasteiger partial charge in [-0.25, -0.2) is 0 Å². The summed E-state index contributed by atoms with van der Waals surface area (Å²) in [4.78, 5) is 25.0. The van der Waals surface area contributed by atoms with Gasteiger partial charge in [0, 0.05) is 6.54 Å². The van der Waals surface area contributed by atoms with Gasteiger partial charge < -0.3 is 5.73 Å². The Bertz CT molecular complexity index is 291. The van der Waals surface area contributed by atoms with Gasteiger partial charge in [0.25, 0.3) is 0 Å². The minimum Gasteiger partial charge on any atom is -0.330 e. The maximum absolute atomic E-state index is 11.7. The van der Waals surface area contributed by atoms with Crippen LogP contribution < -0.4 is 11.1 Å². The van der Waals surface area contributed by atoms with Gasteiger partial charge >= 0.3 is 0 Å². The van der Waals surface area contributed by atoms with Crippen molar-refractivity contribution in [2.45, 2.75) is 33.2 Å². The number of hydrogen-bond acceptors (Lipinski definition) is 4. The van der Waals surface area contributed by atoms with E-state index in [0.717, 1.165) is 0 Å². The lowest BCUT2D eigenvalue weighted by molar-refractivity contribution is -0.140. The summed E-state index contributed by atoms with van der Waals surface area (Å²) in [7, 11) is 0. The topological polar surface area (TPSA) is 75.4 Å². The van der Waals surface area contributed by atoms with E-state index >= 15 is 0 Å². The van der Waals surface area contributed by atoms with Gasteiger partial charge in [-0.1, -0.05) is 20.8 Å². The van der Waals surface area contributed by atoms with Crippen molar-refractivity contribution in [3.05, 3.63) is 0 Å². The van der Waals surface area contributed by atoms with Crippen molar-refractivity contribution in [2.24, 2.45) is 17.6 Å². The van der Waals surface area contributed by atoms with E-state index in [4.69, 9.17) is 5.73 Å². The molecule has 0 aliphatic carbocycles. The van der Waals surface area contributed by atoms with Crippen molar-refractivity contribution >= 4 is 11.8 Å². The van der Waals surface area contributed by atoms with Gasteiger partial charge in [-0.15, -0.1) is 0 Å². The first kappa shape index (κ1) is 14.1. The third-order valence-electron chi connectivity index (χ3n) is 3.45. The Hall–Kier alpha value is -0.940. The lowest BCUT2D eigenvalue weighted by Gasteiger charge is -2.36. The van der Waals surface area contributed by atoms with Crippen LogP contribution >= 0.6 is 0 Å². The van der Waals surface area contributed by atoms with Crippen molar-refractivity contribution in [3.63, 3.8) is 0 Å². The van der Waals surface area contributed by atoms with Crippen LogP contribution in [0.1, 0.15) is 27.2 Å². The van der Waals surface area contributed by atoms with Crippen LogP contribution in [-0.2, 0) is 9.59 Å². The highest BCUT2D eigenvalue weighted by atomic mass is 16.2. The molecule has 1 aliphatic heterocycles. The minimum atomic E-state index is -0.209. The number of piperazine rings is 1. The van der Waals surface area contributed by atoms with E-state index in [2.05, 4.69) is 19.2 Å². The number of nitrogens with one attached hydrogen (secondary N) is 1. The van der Waals surface area contributed by atoms with E-state index in [9.17, 15) is 9.59 Å². The number of carbonyl (C=O) groups is 2. The molecule has 2 atom stereocenters. The molecule has 0 spiro atoms. The number of nitrogens with zero attached hydrogens (tertiary/aromatic N) is 1. The van der Waals surface area contributed by atoms with E-state index < -0.39 is 0 Å². The second kappa shape index (κ2) is 6.12. The molecule has 2 amide bonds. The van der Waals surface area contributed by atoms with Crippen LogP contribution in [-0.4, -0.2) is 42.4 Å². The monoisotopic (exact) mass is 241 g/mol. The fourth-order valence-corrected chi connectivity index (χ4v) is 2.21. The average Bonchev–Trinajstić information content (AvgIpc) is 2.24. The fourth-order valence-electron chi connectivity index (χ4n) is 2.21. The number of carbonyl (C=O) groups excluding carboxylic acids is 2. The Kier molecular flexibility index (Phi) is 5.08. The van der Waals surface area contributed by atoms with Crippen LogP contribution in [0.3, 0.4) is 0 Å². The standard InChI is InChI=1S/C12H23N3O2/c1-4-10-12(17)14-11(16)7-15(10)6-9(5-13)8(2)3/h8-10H,4-7,13H2,1-3H3,(H,14,16,17). The van der Waals surface area contributed by atoms with Crippen LogP contribution in [0.2, 0.25) is 0 Å². The quantitative estimate of drug-likeness (QED) is 0.662. The molecule has 1 aliphatic rings. The van der Waals surface area contributed by atoms with E-state index in [1.807, 2.05) is 11.8 Å². The molecule has 0 bridgehead atoms. The molecule has 1 fully saturated rings. The Morgan fingerprint density at radius 1 is 1.47 bits per heavy atom. The predicted molar refractivity (Wildman–Crippen MR) is 66.2 cm³/mol. The van der Waals surface area contributed by atoms with Crippen molar-refractivity contribution in [1.29, 1.82) is 0 Å². The second-order valence-electron chi connectivity index (χ2n) is 5.01. The molecule has 0 saturated carbocycles. The van der Waals surface area contributed by atoms with E-state index in [1.165, 1.54) is 0 Å². The molecule has 98 valence electrons. The number of amides is 2. The van der Waals surface area contributed by atoms with Crippen LogP contribution in [0, 0.1) is 11.8 Å². The third-order valence-corrected chi connectivity index (χ3v) is 3.45. The molecule has 1 saturated heterocycles. The first-order valence-corrected chi connectivity index (χ1v) is 6.27. The molecule has 1 heterocycles. The maximum atomic E-state index is 11.7. The number of rotatable bonds is 5. The van der Waals surface area contributed by atoms with Crippen molar-refractivity contribution in [1.82, 2.24) is 10.2 Å².